The van der Waals surface area contributed by atoms with Crippen LogP contribution in [0.15, 0.2) is 24.3 Å². The fourth-order valence-corrected chi connectivity index (χ4v) is 4.34. The van der Waals surface area contributed by atoms with Gasteiger partial charge in [-0.3, -0.25) is 0 Å². The van der Waals surface area contributed by atoms with Crippen LogP contribution in [0, 0.1) is 17.2 Å². The second kappa shape index (κ2) is 5.11. The van der Waals surface area contributed by atoms with Crippen LogP contribution in [0.2, 0.25) is 0 Å². The fourth-order valence-electron chi connectivity index (χ4n) is 2.50. The molecule has 1 heterocycles. The van der Waals surface area contributed by atoms with Crippen LogP contribution in [0.5, 0.6) is 0 Å². The predicted octanol–water partition coefficient (Wildman–Crippen LogP) is 2.29. The number of hydrogen-bond acceptors (Lipinski definition) is 3. The number of benzene rings is 1. The summed E-state index contributed by atoms with van der Waals surface area (Å²) in [6, 6.07) is 10.2. The predicted molar refractivity (Wildman–Crippen MR) is 70.9 cm³/mol. The topological polar surface area (TPSA) is 57.9 Å². The molecule has 3 nitrogen and oxygen atoms in total. The first kappa shape index (κ1) is 13.1. The zero-order valence-electron chi connectivity index (χ0n) is 10.5. The third-order valence-corrected chi connectivity index (χ3v) is 5.42. The van der Waals surface area contributed by atoms with Crippen LogP contribution in [-0.4, -0.2) is 19.9 Å². The van der Waals surface area contributed by atoms with Gasteiger partial charge in [-0.05, 0) is 29.9 Å². The molecule has 1 saturated heterocycles. The van der Waals surface area contributed by atoms with Crippen LogP contribution in [-0.2, 0) is 16.3 Å². The molecular weight excluding hydrogens is 246 g/mol. The fraction of sp³-hybridized carbons (Fsp3) is 0.500. The minimum atomic E-state index is -2.92. The molecule has 2 rings (SSSR count). The molecule has 0 amide bonds. The molecule has 1 aromatic rings. The van der Waals surface area contributed by atoms with Gasteiger partial charge >= 0.3 is 0 Å². The molecule has 0 saturated carbocycles. The van der Waals surface area contributed by atoms with Gasteiger partial charge in [0, 0.05) is 0 Å². The van der Waals surface area contributed by atoms with Crippen molar-refractivity contribution in [1.82, 2.24) is 0 Å². The van der Waals surface area contributed by atoms with Gasteiger partial charge in [0.1, 0.15) is 0 Å². The Morgan fingerprint density at radius 3 is 2.50 bits per heavy atom. The maximum absolute atomic E-state index is 11.5. The van der Waals surface area contributed by atoms with Crippen LogP contribution in [0.1, 0.15) is 30.4 Å². The SMILES string of the molecule is CCc1ccc(C(C#N)C2CCS(=O)(=O)C2)cc1. The zero-order valence-corrected chi connectivity index (χ0v) is 11.3. The summed E-state index contributed by atoms with van der Waals surface area (Å²) in [5, 5.41) is 9.29. The van der Waals surface area contributed by atoms with Gasteiger partial charge in [-0.15, -0.1) is 0 Å². The van der Waals surface area contributed by atoms with Crippen molar-refractivity contribution in [2.75, 3.05) is 11.5 Å². The van der Waals surface area contributed by atoms with Crippen molar-refractivity contribution in [3.05, 3.63) is 35.4 Å². The van der Waals surface area contributed by atoms with E-state index in [0.717, 1.165) is 12.0 Å². The molecule has 1 aliphatic heterocycles. The minimum Gasteiger partial charge on any atom is -0.229 e. The number of nitrogens with zero attached hydrogens (tertiary/aromatic N) is 1. The Bertz CT molecular complexity index is 554. The van der Waals surface area contributed by atoms with E-state index in [1.807, 2.05) is 24.3 Å². The smallest absolute Gasteiger partial charge is 0.150 e. The van der Waals surface area contributed by atoms with Gasteiger partial charge in [0.2, 0.25) is 0 Å². The summed E-state index contributed by atoms with van der Waals surface area (Å²) in [5.41, 5.74) is 2.17. The van der Waals surface area contributed by atoms with Crippen molar-refractivity contribution in [3.8, 4) is 6.07 Å². The van der Waals surface area contributed by atoms with Crippen molar-refractivity contribution in [2.24, 2.45) is 5.92 Å². The van der Waals surface area contributed by atoms with Gasteiger partial charge in [-0.1, -0.05) is 31.2 Å². The average molecular weight is 263 g/mol. The maximum Gasteiger partial charge on any atom is 0.150 e. The first-order valence-corrected chi connectivity index (χ1v) is 8.06. The van der Waals surface area contributed by atoms with E-state index in [1.54, 1.807) is 0 Å². The Balaban J connectivity index is 2.21. The third kappa shape index (κ3) is 2.73. The molecule has 0 aliphatic carbocycles. The molecule has 0 radical (unpaired) electrons. The Morgan fingerprint density at radius 1 is 1.39 bits per heavy atom. The van der Waals surface area contributed by atoms with E-state index in [9.17, 15) is 13.7 Å². The first-order chi connectivity index (χ1) is 8.55. The largest absolute Gasteiger partial charge is 0.229 e. The number of hydrogen-bond donors (Lipinski definition) is 0. The van der Waals surface area contributed by atoms with Gasteiger partial charge in [-0.25, -0.2) is 8.42 Å². The maximum atomic E-state index is 11.5. The van der Waals surface area contributed by atoms with Crippen LogP contribution in [0.3, 0.4) is 0 Å². The number of sulfone groups is 1. The molecule has 2 atom stereocenters. The normalized spacial score (nSPS) is 23.4. The van der Waals surface area contributed by atoms with Gasteiger partial charge in [0.15, 0.2) is 9.84 Å². The summed E-state index contributed by atoms with van der Waals surface area (Å²) in [7, 11) is -2.92. The highest BCUT2D eigenvalue weighted by molar-refractivity contribution is 7.91. The molecular formula is C14H17NO2S. The third-order valence-electron chi connectivity index (χ3n) is 3.63. The Labute approximate surface area is 108 Å². The lowest BCUT2D eigenvalue weighted by atomic mass is 9.86. The molecule has 0 N–H and O–H groups in total. The second-order valence-corrected chi connectivity index (χ2v) is 7.09. The number of nitriles is 1. The standard InChI is InChI=1S/C14H17NO2S/c1-2-11-3-5-12(6-4-11)14(9-15)13-7-8-18(16,17)10-13/h3-6,13-14H,2,7-8,10H2,1H3. The van der Waals surface area contributed by atoms with Crippen LogP contribution >= 0.6 is 0 Å². The van der Waals surface area contributed by atoms with Crippen molar-refractivity contribution in [3.63, 3.8) is 0 Å². The highest BCUT2D eigenvalue weighted by Crippen LogP contribution is 2.32. The Kier molecular flexibility index (Phi) is 3.72. The second-order valence-electron chi connectivity index (χ2n) is 4.87. The van der Waals surface area contributed by atoms with Crippen molar-refractivity contribution < 1.29 is 8.42 Å². The van der Waals surface area contributed by atoms with E-state index in [4.69, 9.17) is 0 Å². The van der Waals surface area contributed by atoms with E-state index < -0.39 is 9.84 Å². The summed E-state index contributed by atoms with van der Waals surface area (Å²) in [6.45, 7) is 2.08. The summed E-state index contributed by atoms with van der Waals surface area (Å²) >= 11 is 0. The van der Waals surface area contributed by atoms with Crippen molar-refractivity contribution in [1.29, 1.82) is 5.26 Å². The summed E-state index contributed by atoms with van der Waals surface area (Å²) in [5.74, 6) is 0.0320. The number of rotatable bonds is 3. The van der Waals surface area contributed by atoms with E-state index in [1.165, 1.54) is 5.56 Å². The Morgan fingerprint density at radius 2 is 2.06 bits per heavy atom. The molecule has 1 aliphatic rings. The van der Waals surface area contributed by atoms with Crippen molar-refractivity contribution >= 4 is 9.84 Å². The highest BCUT2D eigenvalue weighted by Gasteiger charge is 2.34. The molecule has 1 aromatic carbocycles. The van der Waals surface area contributed by atoms with Crippen LogP contribution in [0.25, 0.3) is 0 Å². The summed E-state index contributed by atoms with van der Waals surface area (Å²) < 4.78 is 23.0. The highest BCUT2D eigenvalue weighted by atomic mass is 32.2. The van der Waals surface area contributed by atoms with Gasteiger partial charge in [0.25, 0.3) is 0 Å². The quantitative estimate of drug-likeness (QED) is 0.840. The molecule has 2 unspecified atom stereocenters. The monoisotopic (exact) mass is 263 g/mol. The molecule has 0 spiro atoms. The lowest BCUT2D eigenvalue weighted by molar-refractivity contribution is 0.541. The van der Waals surface area contributed by atoms with E-state index in [0.29, 0.717) is 6.42 Å². The molecule has 1 fully saturated rings. The van der Waals surface area contributed by atoms with Gasteiger partial charge in [-0.2, -0.15) is 5.26 Å². The first-order valence-electron chi connectivity index (χ1n) is 6.24. The van der Waals surface area contributed by atoms with E-state index in [-0.39, 0.29) is 23.3 Å². The number of aryl methyl sites for hydroxylation is 1. The molecule has 0 bridgehead atoms. The van der Waals surface area contributed by atoms with E-state index >= 15 is 0 Å². The molecule has 18 heavy (non-hydrogen) atoms. The van der Waals surface area contributed by atoms with Crippen molar-refractivity contribution in [2.45, 2.75) is 25.7 Å². The van der Waals surface area contributed by atoms with Crippen LogP contribution in [0.4, 0.5) is 0 Å². The average Bonchev–Trinajstić information content (AvgIpc) is 2.71. The lowest BCUT2D eigenvalue weighted by Gasteiger charge is -2.15. The zero-order chi connectivity index (χ0) is 13.2. The molecule has 0 aromatic heterocycles. The van der Waals surface area contributed by atoms with Crippen LogP contribution < -0.4 is 0 Å². The minimum absolute atomic E-state index is 0.0486. The summed E-state index contributed by atoms with van der Waals surface area (Å²) in [4.78, 5) is 0. The summed E-state index contributed by atoms with van der Waals surface area (Å²) in [6.07, 6.45) is 1.57. The lowest BCUT2D eigenvalue weighted by Crippen LogP contribution is -2.13. The van der Waals surface area contributed by atoms with E-state index in [2.05, 4.69) is 13.0 Å². The Hall–Kier alpha value is -1.34. The van der Waals surface area contributed by atoms with Gasteiger partial charge < -0.3 is 0 Å². The molecule has 96 valence electrons. The molecule has 4 heteroatoms. The van der Waals surface area contributed by atoms with Gasteiger partial charge in [0.05, 0.1) is 23.5 Å².